The Hall–Kier alpha value is -2.09. The van der Waals surface area contributed by atoms with Crippen molar-refractivity contribution in [2.45, 2.75) is 70.9 Å². The fraction of sp³-hybridized carbons (Fsp3) is 0.538. The van der Waals surface area contributed by atoms with Crippen LogP contribution in [0.25, 0.3) is 0 Å². The van der Waals surface area contributed by atoms with Crippen LogP contribution in [0.3, 0.4) is 0 Å². The number of alkyl halides is 3. The van der Waals surface area contributed by atoms with Gasteiger partial charge in [-0.1, -0.05) is 24.3 Å². The fourth-order valence-corrected chi connectivity index (χ4v) is 3.86. The van der Waals surface area contributed by atoms with Crippen molar-refractivity contribution in [3.8, 4) is 5.75 Å². The number of halogens is 3. The largest absolute Gasteiger partial charge is 0.493 e. The minimum absolute atomic E-state index is 0.138. The van der Waals surface area contributed by atoms with E-state index in [0.29, 0.717) is 38.0 Å². The first-order valence-electron chi connectivity index (χ1n) is 11.3. The quantitative estimate of drug-likeness (QED) is 0.505. The first-order valence-corrected chi connectivity index (χ1v) is 11.3. The number of aryl methyl sites for hydroxylation is 3. The topological polar surface area (TPSA) is 53.7 Å². The molecule has 3 rings (SSSR count). The number of nitrogens with two attached hydrogens (primary N) is 1. The number of rotatable bonds is 8. The van der Waals surface area contributed by atoms with E-state index in [4.69, 9.17) is 19.9 Å². The molecule has 0 spiro atoms. The zero-order valence-corrected chi connectivity index (χ0v) is 19.8. The molecule has 0 aromatic heterocycles. The minimum atomic E-state index is -4.50. The van der Waals surface area contributed by atoms with Crippen molar-refractivity contribution < 1.29 is 27.4 Å². The van der Waals surface area contributed by atoms with Crippen molar-refractivity contribution in [1.29, 1.82) is 0 Å². The molecule has 1 aliphatic rings. The van der Waals surface area contributed by atoms with Crippen LogP contribution in [-0.2, 0) is 28.5 Å². The standard InChI is InChI=1S/C26H34F3NO3/c1-18-7-5-8-21(19(18)2)9-6-14-31-23-11-10-20(15-22(23)26(27,28)29)12-13-25(30)16-32-24(3,4)33-17-25/h5,7-8,10-11,15H,6,9,12-14,16-17,30H2,1-4H3. The molecule has 0 atom stereocenters. The Morgan fingerprint density at radius 3 is 2.39 bits per heavy atom. The van der Waals surface area contributed by atoms with Gasteiger partial charge in [0.05, 0.1) is 30.9 Å². The van der Waals surface area contributed by atoms with Crippen LogP contribution in [0.1, 0.15) is 54.5 Å². The van der Waals surface area contributed by atoms with Gasteiger partial charge in [0.15, 0.2) is 5.79 Å². The lowest BCUT2D eigenvalue weighted by Gasteiger charge is -2.41. The number of hydrogen-bond acceptors (Lipinski definition) is 4. The number of benzene rings is 2. The van der Waals surface area contributed by atoms with Crippen molar-refractivity contribution in [2.24, 2.45) is 5.73 Å². The van der Waals surface area contributed by atoms with Crippen molar-refractivity contribution in [3.05, 3.63) is 64.2 Å². The van der Waals surface area contributed by atoms with E-state index in [-0.39, 0.29) is 12.4 Å². The van der Waals surface area contributed by atoms with Crippen molar-refractivity contribution in [2.75, 3.05) is 19.8 Å². The van der Waals surface area contributed by atoms with E-state index >= 15 is 0 Å². The lowest BCUT2D eigenvalue weighted by Crippen LogP contribution is -2.57. The number of ether oxygens (including phenoxy) is 3. The molecule has 0 unspecified atom stereocenters. The molecule has 1 saturated heterocycles. The molecule has 33 heavy (non-hydrogen) atoms. The first kappa shape index (κ1) is 25.5. The summed E-state index contributed by atoms with van der Waals surface area (Å²) in [6.07, 6.45) is -2.27. The van der Waals surface area contributed by atoms with Crippen molar-refractivity contribution in [3.63, 3.8) is 0 Å². The third kappa shape index (κ3) is 6.95. The van der Waals surface area contributed by atoms with Crippen LogP contribution in [0.5, 0.6) is 5.75 Å². The maximum Gasteiger partial charge on any atom is 0.419 e. The maximum absolute atomic E-state index is 13.7. The molecule has 7 heteroatoms. The van der Waals surface area contributed by atoms with Gasteiger partial charge >= 0.3 is 6.18 Å². The molecule has 1 heterocycles. The molecule has 0 saturated carbocycles. The molecule has 2 aromatic rings. The highest BCUT2D eigenvalue weighted by molar-refractivity contribution is 5.39. The molecule has 1 aliphatic heterocycles. The van der Waals surface area contributed by atoms with E-state index in [1.165, 1.54) is 22.8 Å². The second kappa shape index (κ2) is 10.0. The van der Waals surface area contributed by atoms with Gasteiger partial charge in [0, 0.05) is 0 Å². The molecular weight excluding hydrogens is 431 g/mol. The summed E-state index contributed by atoms with van der Waals surface area (Å²) in [4.78, 5) is 0. The SMILES string of the molecule is Cc1cccc(CCCOc2ccc(CCC3(N)COC(C)(C)OC3)cc2C(F)(F)F)c1C. The van der Waals surface area contributed by atoms with E-state index in [2.05, 4.69) is 6.92 Å². The van der Waals surface area contributed by atoms with Gasteiger partial charge in [-0.25, -0.2) is 0 Å². The van der Waals surface area contributed by atoms with Crippen LogP contribution in [0.4, 0.5) is 13.2 Å². The highest BCUT2D eigenvalue weighted by atomic mass is 19.4. The Balaban J connectivity index is 1.60. The summed E-state index contributed by atoms with van der Waals surface area (Å²) in [6.45, 7) is 8.54. The predicted molar refractivity (Wildman–Crippen MR) is 122 cm³/mol. The molecule has 0 aliphatic carbocycles. The molecule has 182 valence electrons. The van der Waals surface area contributed by atoms with Crippen LogP contribution in [-0.4, -0.2) is 31.1 Å². The lowest BCUT2D eigenvalue weighted by molar-refractivity contribution is -0.267. The third-order valence-corrected chi connectivity index (χ3v) is 6.24. The van der Waals surface area contributed by atoms with Crippen molar-refractivity contribution in [1.82, 2.24) is 0 Å². The Kier molecular flexibility index (Phi) is 7.76. The van der Waals surface area contributed by atoms with Gasteiger partial charge in [0.1, 0.15) is 5.75 Å². The Labute approximate surface area is 194 Å². The van der Waals surface area contributed by atoms with Gasteiger partial charge in [-0.3, -0.25) is 0 Å². The molecule has 2 N–H and O–H groups in total. The Morgan fingerprint density at radius 1 is 1.03 bits per heavy atom. The Morgan fingerprint density at radius 2 is 1.73 bits per heavy atom. The zero-order chi connectivity index (χ0) is 24.3. The number of hydrogen-bond donors (Lipinski definition) is 1. The van der Waals surface area contributed by atoms with E-state index in [1.807, 2.05) is 39.0 Å². The summed E-state index contributed by atoms with van der Waals surface area (Å²) in [6, 6.07) is 10.3. The second-order valence-electron chi connectivity index (χ2n) is 9.48. The summed E-state index contributed by atoms with van der Waals surface area (Å²) in [7, 11) is 0. The van der Waals surface area contributed by atoms with E-state index in [0.717, 1.165) is 12.5 Å². The fourth-order valence-electron chi connectivity index (χ4n) is 3.86. The normalized spacial score (nSPS) is 17.7. The van der Waals surface area contributed by atoms with Crippen LogP contribution in [0, 0.1) is 13.8 Å². The van der Waals surface area contributed by atoms with Crippen LogP contribution < -0.4 is 10.5 Å². The van der Waals surface area contributed by atoms with Gasteiger partial charge in [-0.2, -0.15) is 13.2 Å². The highest BCUT2D eigenvalue weighted by Gasteiger charge is 2.38. The van der Waals surface area contributed by atoms with Gasteiger partial charge in [0.2, 0.25) is 0 Å². The average molecular weight is 466 g/mol. The average Bonchev–Trinajstić information content (AvgIpc) is 2.75. The summed E-state index contributed by atoms with van der Waals surface area (Å²) in [5.41, 5.74) is 9.03. The summed E-state index contributed by atoms with van der Waals surface area (Å²) < 4.78 is 57.9. The van der Waals surface area contributed by atoms with Crippen molar-refractivity contribution >= 4 is 0 Å². The maximum atomic E-state index is 13.7. The van der Waals surface area contributed by atoms with Gasteiger partial charge in [-0.15, -0.1) is 0 Å². The monoisotopic (exact) mass is 465 g/mol. The zero-order valence-electron chi connectivity index (χ0n) is 19.8. The molecule has 2 aromatic carbocycles. The molecule has 0 amide bonds. The summed E-state index contributed by atoms with van der Waals surface area (Å²) >= 11 is 0. The molecule has 4 nitrogen and oxygen atoms in total. The third-order valence-electron chi connectivity index (χ3n) is 6.24. The first-order chi connectivity index (χ1) is 15.4. The van der Waals surface area contributed by atoms with Crippen LogP contribution in [0.15, 0.2) is 36.4 Å². The summed E-state index contributed by atoms with van der Waals surface area (Å²) in [5, 5.41) is 0. The molecular formula is C26H34F3NO3. The molecule has 0 bridgehead atoms. The summed E-state index contributed by atoms with van der Waals surface area (Å²) in [5.74, 6) is -0.829. The molecule has 0 radical (unpaired) electrons. The Bertz CT molecular complexity index is 946. The van der Waals surface area contributed by atoms with E-state index in [1.54, 1.807) is 6.07 Å². The minimum Gasteiger partial charge on any atom is -0.493 e. The highest BCUT2D eigenvalue weighted by Crippen LogP contribution is 2.37. The molecule has 1 fully saturated rings. The predicted octanol–water partition coefficient (Wildman–Crippen LogP) is 5.75. The van der Waals surface area contributed by atoms with Gasteiger partial charge in [-0.05, 0) is 87.8 Å². The smallest absolute Gasteiger partial charge is 0.419 e. The van der Waals surface area contributed by atoms with E-state index < -0.39 is 23.1 Å². The lowest BCUT2D eigenvalue weighted by atomic mass is 9.92. The van der Waals surface area contributed by atoms with Gasteiger partial charge in [0.25, 0.3) is 0 Å². The second-order valence-corrected chi connectivity index (χ2v) is 9.48. The van der Waals surface area contributed by atoms with Crippen LogP contribution in [0.2, 0.25) is 0 Å². The van der Waals surface area contributed by atoms with Crippen LogP contribution >= 0.6 is 0 Å². The van der Waals surface area contributed by atoms with Gasteiger partial charge < -0.3 is 19.9 Å². The van der Waals surface area contributed by atoms with E-state index in [9.17, 15) is 13.2 Å².